The van der Waals surface area contributed by atoms with Crippen LogP contribution in [0.3, 0.4) is 0 Å². The molecular weight excluding hydrogens is 316 g/mol. The molecule has 1 atom stereocenters. The minimum Gasteiger partial charge on any atom is -0.354 e. The van der Waals surface area contributed by atoms with E-state index in [2.05, 4.69) is 42.0 Å². The molecule has 0 spiro atoms. The van der Waals surface area contributed by atoms with Gasteiger partial charge in [0, 0.05) is 23.0 Å². The Hall–Kier alpha value is -0.870. The van der Waals surface area contributed by atoms with E-state index in [9.17, 15) is 4.79 Å². The zero-order chi connectivity index (χ0) is 15.2. The van der Waals surface area contributed by atoms with E-state index in [0.29, 0.717) is 13.0 Å². The van der Waals surface area contributed by atoms with Gasteiger partial charge in [0.1, 0.15) is 0 Å². The summed E-state index contributed by atoms with van der Waals surface area (Å²) in [7, 11) is 0. The van der Waals surface area contributed by atoms with Crippen LogP contribution in [0.2, 0.25) is 0 Å². The fourth-order valence-electron chi connectivity index (χ4n) is 2.03. The lowest BCUT2D eigenvalue weighted by Gasteiger charge is -2.27. The summed E-state index contributed by atoms with van der Waals surface area (Å²) in [6, 6.07) is 8.10. The van der Waals surface area contributed by atoms with Crippen LogP contribution in [-0.2, 0) is 4.79 Å². The number of hydrogen-bond acceptors (Lipinski definition) is 2. The molecule has 0 aromatic heterocycles. The number of carbonyl (C=O) groups is 1. The Morgan fingerprint density at radius 2 is 1.85 bits per heavy atom. The van der Waals surface area contributed by atoms with Crippen LogP contribution in [0.25, 0.3) is 0 Å². The lowest BCUT2D eigenvalue weighted by atomic mass is 9.93. The molecular formula is C16H25BrN2O. The predicted octanol–water partition coefficient (Wildman–Crippen LogP) is 3.58. The second-order valence-corrected chi connectivity index (χ2v) is 6.42. The highest BCUT2D eigenvalue weighted by atomic mass is 79.9. The summed E-state index contributed by atoms with van der Waals surface area (Å²) in [4.78, 5) is 12.0. The van der Waals surface area contributed by atoms with Gasteiger partial charge in [-0.3, -0.25) is 4.79 Å². The minimum absolute atomic E-state index is 0.0668. The predicted molar refractivity (Wildman–Crippen MR) is 87.7 cm³/mol. The summed E-state index contributed by atoms with van der Waals surface area (Å²) < 4.78 is 1.05. The number of amides is 1. The van der Waals surface area contributed by atoms with Gasteiger partial charge in [0.25, 0.3) is 0 Å². The van der Waals surface area contributed by atoms with Crippen molar-refractivity contribution in [2.75, 3.05) is 6.54 Å². The van der Waals surface area contributed by atoms with Crippen LogP contribution in [0, 0.1) is 0 Å². The van der Waals surface area contributed by atoms with E-state index in [0.717, 1.165) is 17.3 Å². The first-order chi connectivity index (χ1) is 9.40. The highest BCUT2D eigenvalue weighted by Crippen LogP contribution is 2.21. The standard InChI is InChI=1S/C16H25BrN2O/c1-4-16(18,5-2)11-19-15(20)10-12(3)13-6-8-14(17)9-7-13/h6-9,12H,4-5,10-11,18H2,1-3H3,(H,19,20). The molecule has 0 heterocycles. The summed E-state index contributed by atoms with van der Waals surface area (Å²) in [5.41, 5.74) is 7.08. The fourth-order valence-corrected chi connectivity index (χ4v) is 2.30. The number of rotatable bonds is 7. The van der Waals surface area contributed by atoms with Gasteiger partial charge in [-0.15, -0.1) is 0 Å². The molecule has 112 valence electrons. The zero-order valence-corrected chi connectivity index (χ0v) is 14.2. The molecule has 1 unspecified atom stereocenters. The van der Waals surface area contributed by atoms with Crippen LogP contribution in [-0.4, -0.2) is 18.0 Å². The van der Waals surface area contributed by atoms with Crippen LogP contribution in [0.5, 0.6) is 0 Å². The Balaban J connectivity index is 2.48. The average Bonchev–Trinajstić information content (AvgIpc) is 2.45. The quantitative estimate of drug-likeness (QED) is 0.796. The van der Waals surface area contributed by atoms with Crippen molar-refractivity contribution in [3.05, 3.63) is 34.3 Å². The number of hydrogen-bond donors (Lipinski definition) is 2. The number of carbonyl (C=O) groups excluding carboxylic acids is 1. The Morgan fingerprint density at radius 1 is 1.30 bits per heavy atom. The van der Waals surface area contributed by atoms with Crippen LogP contribution in [0.1, 0.15) is 51.5 Å². The molecule has 3 nitrogen and oxygen atoms in total. The molecule has 20 heavy (non-hydrogen) atoms. The van der Waals surface area contributed by atoms with Crippen molar-refractivity contribution in [1.82, 2.24) is 5.32 Å². The van der Waals surface area contributed by atoms with Gasteiger partial charge < -0.3 is 11.1 Å². The van der Waals surface area contributed by atoms with Crippen molar-refractivity contribution in [2.24, 2.45) is 5.73 Å². The van der Waals surface area contributed by atoms with Gasteiger partial charge in [-0.2, -0.15) is 0 Å². The maximum Gasteiger partial charge on any atom is 0.220 e. The molecule has 0 aliphatic carbocycles. The SMILES string of the molecule is CCC(N)(CC)CNC(=O)CC(C)c1ccc(Br)cc1. The van der Waals surface area contributed by atoms with Crippen LogP contribution >= 0.6 is 15.9 Å². The van der Waals surface area contributed by atoms with Crippen molar-refractivity contribution in [3.8, 4) is 0 Å². The van der Waals surface area contributed by atoms with E-state index in [1.54, 1.807) is 0 Å². The summed E-state index contributed by atoms with van der Waals surface area (Å²) in [6.07, 6.45) is 2.23. The Labute approximate surface area is 130 Å². The number of benzene rings is 1. The molecule has 1 aromatic carbocycles. The zero-order valence-electron chi connectivity index (χ0n) is 12.6. The van der Waals surface area contributed by atoms with Crippen LogP contribution in [0.4, 0.5) is 0 Å². The van der Waals surface area contributed by atoms with Gasteiger partial charge in [0.05, 0.1) is 0 Å². The van der Waals surface area contributed by atoms with Crippen molar-refractivity contribution >= 4 is 21.8 Å². The highest BCUT2D eigenvalue weighted by molar-refractivity contribution is 9.10. The number of halogens is 1. The van der Waals surface area contributed by atoms with E-state index in [1.165, 1.54) is 5.56 Å². The third-order valence-electron chi connectivity index (χ3n) is 3.98. The third kappa shape index (κ3) is 5.25. The highest BCUT2D eigenvalue weighted by Gasteiger charge is 2.21. The molecule has 1 amide bonds. The molecule has 0 aliphatic rings. The normalized spacial score (nSPS) is 13.1. The van der Waals surface area contributed by atoms with E-state index >= 15 is 0 Å². The molecule has 4 heteroatoms. The second kappa shape index (κ2) is 7.79. The minimum atomic E-state index is -0.281. The topological polar surface area (TPSA) is 55.1 Å². The third-order valence-corrected chi connectivity index (χ3v) is 4.51. The van der Waals surface area contributed by atoms with E-state index in [4.69, 9.17) is 5.73 Å². The summed E-state index contributed by atoms with van der Waals surface area (Å²) in [5.74, 6) is 0.274. The van der Waals surface area contributed by atoms with Crippen molar-refractivity contribution in [3.63, 3.8) is 0 Å². The maximum absolute atomic E-state index is 12.0. The molecule has 0 saturated carbocycles. The number of nitrogens with two attached hydrogens (primary N) is 1. The van der Waals surface area contributed by atoms with Gasteiger partial charge in [-0.25, -0.2) is 0 Å². The Kier molecular flexibility index (Phi) is 6.69. The van der Waals surface area contributed by atoms with Gasteiger partial charge in [0.2, 0.25) is 5.91 Å². The van der Waals surface area contributed by atoms with Crippen LogP contribution in [0.15, 0.2) is 28.7 Å². The molecule has 0 saturated heterocycles. The largest absolute Gasteiger partial charge is 0.354 e. The second-order valence-electron chi connectivity index (χ2n) is 5.50. The molecule has 0 bridgehead atoms. The van der Waals surface area contributed by atoms with Gasteiger partial charge in [-0.05, 0) is 36.5 Å². The summed E-state index contributed by atoms with van der Waals surface area (Å²) >= 11 is 3.41. The molecule has 0 fully saturated rings. The van der Waals surface area contributed by atoms with E-state index in [1.807, 2.05) is 24.3 Å². The first-order valence-electron chi connectivity index (χ1n) is 7.21. The van der Waals surface area contributed by atoms with Gasteiger partial charge in [-0.1, -0.05) is 48.8 Å². The lowest BCUT2D eigenvalue weighted by molar-refractivity contribution is -0.121. The smallest absolute Gasteiger partial charge is 0.220 e. The van der Waals surface area contributed by atoms with E-state index < -0.39 is 0 Å². The van der Waals surface area contributed by atoms with Crippen molar-refractivity contribution in [2.45, 2.75) is 51.5 Å². The van der Waals surface area contributed by atoms with Crippen molar-refractivity contribution < 1.29 is 4.79 Å². The van der Waals surface area contributed by atoms with Crippen LogP contribution < -0.4 is 11.1 Å². The Morgan fingerprint density at radius 3 is 2.35 bits per heavy atom. The molecule has 1 aromatic rings. The first kappa shape index (κ1) is 17.2. The molecule has 0 radical (unpaired) electrons. The maximum atomic E-state index is 12.0. The molecule has 0 aliphatic heterocycles. The van der Waals surface area contributed by atoms with Crippen molar-refractivity contribution in [1.29, 1.82) is 0 Å². The van der Waals surface area contributed by atoms with Gasteiger partial charge in [0.15, 0.2) is 0 Å². The monoisotopic (exact) mass is 340 g/mol. The summed E-state index contributed by atoms with van der Waals surface area (Å²) in [5, 5.41) is 2.96. The van der Waals surface area contributed by atoms with Gasteiger partial charge >= 0.3 is 0 Å². The fraction of sp³-hybridized carbons (Fsp3) is 0.562. The summed E-state index contributed by atoms with van der Waals surface area (Å²) in [6.45, 7) is 6.73. The van der Waals surface area contributed by atoms with E-state index in [-0.39, 0.29) is 17.4 Å². The number of nitrogens with one attached hydrogen (secondary N) is 1. The first-order valence-corrected chi connectivity index (χ1v) is 8.00. The molecule has 3 N–H and O–H groups in total. The lowest BCUT2D eigenvalue weighted by Crippen LogP contribution is -2.49. The molecule has 1 rings (SSSR count). The average molecular weight is 341 g/mol. The Bertz CT molecular complexity index is 427.